The number of aromatic nitrogens is 1. The monoisotopic (exact) mass is 326 g/mol. The van der Waals surface area contributed by atoms with E-state index in [0.29, 0.717) is 10.6 Å². The lowest BCUT2D eigenvalue weighted by Gasteiger charge is -2.20. The predicted molar refractivity (Wildman–Crippen MR) is 79.6 cm³/mol. The lowest BCUT2D eigenvalue weighted by atomic mass is 10.1. The highest BCUT2D eigenvalue weighted by Crippen LogP contribution is 2.29. The molecule has 2 aromatic rings. The van der Waals surface area contributed by atoms with Crippen LogP contribution in [0.4, 0.5) is 0 Å². The first-order valence-corrected chi connectivity index (χ1v) is 8.31. The number of carboxylic acid groups (broad SMARTS) is 1. The summed E-state index contributed by atoms with van der Waals surface area (Å²) in [5.41, 5.74) is -0.907. The van der Waals surface area contributed by atoms with Gasteiger partial charge in [-0.15, -0.1) is 11.3 Å². The van der Waals surface area contributed by atoms with E-state index in [0.717, 1.165) is 11.3 Å². The molecule has 0 amide bonds. The van der Waals surface area contributed by atoms with Gasteiger partial charge in [-0.25, -0.2) is 8.42 Å². The van der Waals surface area contributed by atoms with Crippen LogP contribution in [-0.2, 0) is 14.8 Å². The Morgan fingerprint density at radius 2 is 2.00 bits per heavy atom. The molecule has 8 heteroatoms. The SMILES string of the molecule is CC(C)(NS(=O)(=O)c1ccc(-c2ccccn2)s1)C(=O)O. The van der Waals surface area contributed by atoms with Gasteiger partial charge < -0.3 is 5.11 Å². The Hall–Kier alpha value is -1.77. The third-order valence-corrected chi connectivity index (χ3v) is 5.94. The van der Waals surface area contributed by atoms with E-state index in [1.807, 2.05) is 6.07 Å². The largest absolute Gasteiger partial charge is 0.480 e. The van der Waals surface area contributed by atoms with Crippen LogP contribution in [-0.4, -0.2) is 30.0 Å². The standard InChI is InChI=1S/C13H14N2O4S2/c1-13(2,12(16)17)15-21(18,19)11-7-6-10(20-11)9-5-3-4-8-14-9/h3-8,15H,1-2H3,(H,16,17). The van der Waals surface area contributed by atoms with Crippen LogP contribution in [0.2, 0.25) is 0 Å². The molecule has 2 N–H and O–H groups in total. The van der Waals surface area contributed by atoms with E-state index in [-0.39, 0.29) is 4.21 Å². The van der Waals surface area contributed by atoms with Gasteiger partial charge in [0.05, 0.1) is 10.6 Å². The molecule has 0 atom stereocenters. The number of sulfonamides is 1. The maximum atomic E-state index is 12.2. The first-order chi connectivity index (χ1) is 9.72. The van der Waals surface area contributed by atoms with Crippen molar-refractivity contribution in [1.82, 2.24) is 9.71 Å². The van der Waals surface area contributed by atoms with Crippen molar-refractivity contribution in [2.24, 2.45) is 0 Å². The zero-order valence-electron chi connectivity index (χ0n) is 11.4. The maximum Gasteiger partial charge on any atom is 0.324 e. The minimum Gasteiger partial charge on any atom is -0.480 e. The number of carbonyl (C=O) groups is 1. The zero-order valence-corrected chi connectivity index (χ0v) is 13.0. The van der Waals surface area contributed by atoms with Crippen LogP contribution in [0.5, 0.6) is 0 Å². The molecule has 0 fully saturated rings. The Balaban J connectivity index is 2.31. The number of carboxylic acids is 1. The smallest absolute Gasteiger partial charge is 0.324 e. The molecule has 0 saturated heterocycles. The van der Waals surface area contributed by atoms with E-state index < -0.39 is 21.5 Å². The summed E-state index contributed by atoms with van der Waals surface area (Å²) in [6.07, 6.45) is 1.62. The fraction of sp³-hybridized carbons (Fsp3) is 0.231. The fourth-order valence-corrected chi connectivity index (χ4v) is 4.19. The van der Waals surface area contributed by atoms with Gasteiger partial charge in [0.25, 0.3) is 10.0 Å². The number of thiophene rings is 1. The molecule has 0 saturated carbocycles. The molecule has 0 aromatic carbocycles. The van der Waals surface area contributed by atoms with Crippen molar-refractivity contribution in [3.8, 4) is 10.6 Å². The first-order valence-electron chi connectivity index (χ1n) is 6.01. The second-order valence-electron chi connectivity index (χ2n) is 4.87. The Morgan fingerprint density at radius 3 is 2.57 bits per heavy atom. The van der Waals surface area contributed by atoms with Gasteiger partial charge in [-0.2, -0.15) is 4.72 Å². The third-order valence-electron chi connectivity index (χ3n) is 2.69. The summed E-state index contributed by atoms with van der Waals surface area (Å²) < 4.78 is 26.7. The van der Waals surface area contributed by atoms with Crippen molar-refractivity contribution >= 4 is 27.3 Å². The van der Waals surface area contributed by atoms with Gasteiger partial charge in [-0.3, -0.25) is 9.78 Å². The molecule has 2 heterocycles. The minimum absolute atomic E-state index is 0.0532. The molecule has 112 valence electrons. The second-order valence-corrected chi connectivity index (χ2v) is 7.86. The van der Waals surface area contributed by atoms with Crippen molar-refractivity contribution in [1.29, 1.82) is 0 Å². The molecule has 0 spiro atoms. The van der Waals surface area contributed by atoms with E-state index in [1.54, 1.807) is 24.4 Å². The number of nitrogens with zero attached hydrogens (tertiary/aromatic N) is 1. The van der Waals surface area contributed by atoms with Crippen LogP contribution < -0.4 is 4.72 Å². The zero-order chi connectivity index (χ0) is 15.7. The highest BCUT2D eigenvalue weighted by molar-refractivity contribution is 7.91. The Labute approximate surface area is 126 Å². The molecular formula is C13H14N2O4S2. The lowest BCUT2D eigenvalue weighted by Crippen LogP contribution is -2.49. The molecule has 0 unspecified atom stereocenters. The number of pyridine rings is 1. The van der Waals surface area contributed by atoms with E-state index in [2.05, 4.69) is 9.71 Å². The second kappa shape index (κ2) is 5.55. The van der Waals surface area contributed by atoms with E-state index in [1.165, 1.54) is 19.9 Å². The molecule has 0 aliphatic rings. The Morgan fingerprint density at radius 1 is 1.29 bits per heavy atom. The summed E-state index contributed by atoms with van der Waals surface area (Å²) >= 11 is 1.04. The summed E-state index contributed by atoms with van der Waals surface area (Å²) in [6.45, 7) is 2.58. The van der Waals surface area contributed by atoms with Gasteiger partial charge in [-0.1, -0.05) is 6.07 Å². The Kier molecular flexibility index (Phi) is 4.13. The predicted octanol–water partition coefficient (Wildman–Crippen LogP) is 1.95. The molecule has 21 heavy (non-hydrogen) atoms. The van der Waals surface area contributed by atoms with Crippen molar-refractivity contribution in [3.63, 3.8) is 0 Å². The van der Waals surface area contributed by atoms with Crippen LogP contribution in [0.1, 0.15) is 13.8 Å². The average molecular weight is 326 g/mol. The number of aliphatic carboxylic acids is 1. The normalized spacial score (nSPS) is 12.3. The summed E-state index contributed by atoms with van der Waals surface area (Å²) in [6, 6.07) is 8.44. The van der Waals surface area contributed by atoms with E-state index >= 15 is 0 Å². The molecule has 2 aromatic heterocycles. The molecule has 6 nitrogen and oxygen atoms in total. The first kappa shape index (κ1) is 15.6. The molecule has 0 aliphatic carbocycles. The highest BCUT2D eigenvalue weighted by Gasteiger charge is 2.33. The van der Waals surface area contributed by atoms with Gasteiger partial charge in [0.1, 0.15) is 9.75 Å². The molecule has 2 rings (SSSR count). The van der Waals surface area contributed by atoms with Crippen LogP contribution in [0, 0.1) is 0 Å². The molecule has 0 bridgehead atoms. The summed E-state index contributed by atoms with van der Waals surface area (Å²) in [5, 5.41) is 9.00. The van der Waals surface area contributed by atoms with Crippen LogP contribution in [0.15, 0.2) is 40.7 Å². The van der Waals surface area contributed by atoms with Gasteiger partial charge >= 0.3 is 5.97 Å². The van der Waals surface area contributed by atoms with Crippen molar-refractivity contribution in [2.75, 3.05) is 0 Å². The topological polar surface area (TPSA) is 96.4 Å². The molecule has 0 radical (unpaired) electrons. The average Bonchev–Trinajstić information content (AvgIpc) is 2.89. The summed E-state index contributed by atoms with van der Waals surface area (Å²) in [5.74, 6) is -1.24. The quantitative estimate of drug-likeness (QED) is 0.875. The number of rotatable bonds is 5. The van der Waals surface area contributed by atoms with Gasteiger partial charge in [0.2, 0.25) is 0 Å². The van der Waals surface area contributed by atoms with Crippen LogP contribution in [0.3, 0.4) is 0 Å². The van der Waals surface area contributed by atoms with Crippen molar-refractivity contribution in [2.45, 2.75) is 23.6 Å². The van der Waals surface area contributed by atoms with Crippen LogP contribution >= 0.6 is 11.3 Å². The number of nitrogens with one attached hydrogen (secondary N) is 1. The maximum absolute atomic E-state index is 12.2. The van der Waals surface area contributed by atoms with Crippen molar-refractivity contribution < 1.29 is 18.3 Å². The molecular weight excluding hydrogens is 312 g/mol. The Bertz CT molecular complexity index is 751. The lowest BCUT2D eigenvalue weighted by molar-refractivity contribution is -0.142. The minimum atomic E-state index is -3.89. The highest BCUT2D eigenvalue weighted by atomic mass is 32.2. The molecule has 0 aliphatic heterocycles. The number of hydrogen-bond acceptors (Lipinski definition) is 5. The summed E-state index contributed by atoms with van der Waals surface area (Å²) in [7, 11) is -3.89. The van der Waals surface area contributed by atoms with Gasteiger partial charge in [-0.05, 0) is 38.1 Å². The fourth-order valence-electron chi connectivity index (χ4n) is 1.54. The van der Waals surface area contributed by atoms with Crippen molar-refractivity contribution in [3.05, 3.63) is 36.5 Å². The van der Waals surface area contributed by atoms with E-state index in [4.69, 9.17) is 5.11 Å². The summed E-state index contributed by atoms with van der Waals surface area (Å²) in [4.78, 5) is 15.9. The van der Waals surface area contributed by atoms with Crippen LogP contribution in [0.25, 0.3) is 10.6 Å². The van der Waals surface area contributed by atoms with E-state index in [9.17, 15) is 13.2 Å². The van der Waals surface area contributed by atoms with Gasteiger partial charge in [0, 0.05) is 6.20 Å². The number of hydrogen-bond donors (Lipinski definition) is 2. The van der Waals surface area contributed by atoms with Gasteiger partial charge in [0.15, 0.2) is 0 Å². The third kappa shape index (κ3) is 3.46.